The van der Waals surface area contributed by atoms with E-state index in [1.54, 1.807) is 0 Å². The van der Waals surface area contributed by atoms with Crippen molar-refractivity contribution in [3.63, 3.8) is 0 Å². The lowest BCUT2D eigenvalue weighted by Gasteiger charge is -2.19. The van der Waals surface area contributed by atoms with Crippen LogP contribution in [0.4, 0.5) is 20.2 Å². The van der Waals surface area contributed by atoms with Gasteiger partial charge in [0.2, 0.25) is 0 Å². The Kier molecular flexibility index (Phi) is 5.06. The number of nitro benzene ring substituents is 1. The molecular formula is C14H18F2N2O3. The molecule has 0 aliphatic carbocycles. The van der Waals surface area contributed by atoms with E-state index < -0.39 is 11.3 Å². The van der Waals surface area contributed by atoms with Crippen LogP contribution in [0.1, 0.15) is 31.8 Å². The molecule has 1 fully saturated rings. The summed E-state index contributed by atoms with van der Waals surface area (Å²) in [6.07, 6.45) is -0.837. The van der Waals surface area contributed by atoms with Crippen LogP contribution in [0.5, 0.6) is 0 Å². The Hall–Kier alpha value is -1.76. The number of rotatable bonds is 6. The van der Waals surface area contributed by atoms with Gasteiger partial charge in [-0.1, -0.05) is 6.92 Å². The number of benzene rings is 1. The molecule has 7 heteroatoms. The van der Waals surface area contributed by atoms with Gasteiger partial charge in [0.1, 0.15) is 0 Å². The summed E-state index contributed by atoms with van der Waals surface area (Å²) < 4.78 is 31.6. The maximum Gasteiger partial charge on any atom is 0.270 e. The molecule has 21 heavy (non-hydrogen) atoms. The van der Waals surface area contributed by atoms with E-state index in [0.717, 1.165) is 18.9 Å². The van der Waals surface area contributed by atoms with Crippen molar-refractivity contribution in [2.45, 2.75) is 32.3 Å². The van der Waals surface area contributed by atoms with Crippen molar-refractivity contribution in [3.05, 3.63) is 33.9 Å². The molecule has 0 bridgehead atoms. The van der Waals surface area contributed by atoms with Crippen LogP contribution in [0, 0.1) is 16.0 Å². The molecule has 0 aromatic heterocycles. The minimum Gasteiger partial charge on any atom is -0.384 e. The van der Waals surface area contributed by atoms with Crippen molar-refractivity contribution in [3.8, 4) is 0 Å². The summed E-state index contributed by atoms with van der Waals surface area (Å²) in [6, 6.07) is 3.50. The monoisotopic (exact) mass is 300 g/mol. The number of nitro groups is 1. The molecule has 0 spiro atoms. The van der Waals surface area contributed by atoms with E-state index >= 15 is 0 Å². The van der Waals surface area contributed by atoms with Crippen LogP contribution in [0.15, 0.2) is 18.2 Å². The smallest absolute Gasteiger partial charge is 0.270 e. The minimum atomic E-state index is -2.76. The third-order valence-corrected chi connectivity index (χ3v) is 3.78. The Labute approximate surface area is 121 Å². The second-order valence-electron chi connectivity index (χ2n) is 5.08. The van der Waals surface area contributed by atoms with Crippen molar-refractivity contribution >= 4 is 11.4 Å². The first-order valence-corrected chi connectivity index (χ1v) is 6.95. The Bertz CT molecular complexity index is 511. The molecule has 116 valence electrons. The zero-order chi connectivity index (χ0) is 15.4. The van der Waals surface area contributed by atoms with Gasteiger partial charge in [0, 0.05) is 42.5 Å². The SMILES string of the molecule is CCC1OCCC1CNc1ccc([N+](=O)[O-])cc1C(F)F. The van der Waals surface area contributed by atoms with E-state index in [9.17, 15) is 18.9 Å². The van der Waals surface area contributed by atoms with Gasteiger partial charge in [0.25, 0.3) is 12.1 Å². The summed E-state index contributed by atoms with van der Waals surface area (Å²) in [4.78, 5) is 9.99. The van der Waals surface area contributed by atoms with Crippen molar-refractivity contribution in [1.82, 2.24) is 0 Å². The van der Waals surface area contributed by atoms with Gasteiger partial charge in [-0.15, -0.1) is 0 Å². The highest BCUT2D eigenvalue weighted by atomic mass is 19.3. The predicted molar refractivity (Wildman–Crippen MR) is 74.7 cm³/mol. The third-order valence-electron chi connectivity index (χ3n) is 3.78. The fourth-order valence-electron chi connectivity index (χ4n) is 2.62. The Morgan fingerprint density at radius 1 is 1.52 bits per heavy atom. The lowest BCUT2D eigenvalue weighted by atomic mass is 9.99. The number of hydrogen-bond acceptors (Lipinski definition) is 4. The van der Waals surface area contributed by atoms with Gasteiger partial charge in [-0.2, -0.15) is 0 Å². The number of hydrogen-bond donors (Lipinski definition) is 1. The molecule has 1 heterocycles. The van der Waals surface area contributed by atoms with E-state index in [2.05, 4.69) is 5.32 Å². The van der Waals surface area contributed by atoms with Crippen molar-refractivity contribution in [1.29, 1.82) is 0 Å². The predicted octanol–water partition coefficient (Wildman–Crippen LogP) is 3.76. The number of halogens is 2. The van der Waals surface area contributed by atoms with E-state index in [4.69, 9.17) is 4.74 Å². The highest BCUT2D eigenvalue weighted by molar-refractivity contribution is 5.56. The molecular weight excluding hydrogens is 282 g/mol. The second kappa shape index (κ2) is 6.80. The molecule has 0 saturated carbocycles. The van der Waals surface area contributed by atoms with Crippen LogP contribution < -0.4 is 5.32 Å². The average molecular weight is 300 g/mol. The first-order chi connectivity index (χ1) is 10.0. The summed E-state index contributed by atoms with van der Waals surface area (Å²) >= 11 is 0. The number of non-ortho nitro benzene ring substituents is 1. The zero-order valence-corrected chi connectivity index (χ0v) is 11.7. The normalized spacial score (nSPS) is 21.7. The van der Waals surface area contributed by atoms with Crippen molar-refractivity contribution < 1.29 is 18.4 Å². The second-order valence-corrected chi connectivity index (χ2v) is 5.08. The summed E-state index contributed by atoms with van der Waals surface area (Å²) in [5.41, 5.74) is -0.417. The molecule has 1 aliphatic rings. The molecule has 0 radical (unpaired) electrons. The first-order valence-electron chi connectivity index (χ1n) is 6.95. The van der Waals surface area contributed by atoms with Gasteiger partial charge in [-0.05, 0) is 18.9 Å². The first kappa shape index (κ1) is 15.6. The largest absolute Gasteiger partial charge is 0.384 e. The molecule has 1 N–H and O–H groups in total. The van der Waals surface area contributed by atoms with Gasteiger partial charge >= 0.3 is 0 Å². The van der Waals surface area contributed by atoms with Crippen LogP contribution in [0.2, 0.25) is 0 Å². The molecule has 1 aromatic carbocycles. The van der Waals surface area contributed by atoms with Gasteiger partial charge in [-0.25, -0.2) is 8.78 Å². The van der Waals surface area contributed by atoms with Crippen LogP contribution in [0.25, 0.3) is 0 Å². The van der Waals surface area contributed by atoms with E-state index in [1.165, 1.54) is 12.1 Å². The number of ether oxygens (including phenoxy) is 1. The molecule has 1 saturated heterocycles. The molecule has 2 atom stereocenters. The van der Waals surface area contributed by atoms with Crippen molar-refractivity contribution in [2.24, 2.45) is 5.92 Å². The summed E-state index contributed by atoms with van der Waals surface area (Å²) in [6.45, 7) is 3.24. The van der Waals surface area contributed by atoms with Gasteiger partial charge < -0.3 is 10.1 Å². The molecule has 2 unspecified atom stereocenters. The molecule has 2 rings (SSSR count). The molecule has 1 aromatic rings. The third kappa shape index (κ3) is 3.66. The highest BCUT2D eigenvalue weighted by Crippen LogP contribution is 2.31. The highest BCUT2D eigenvalue weighted by Gasteiger charge is 2.27. The molecule has 5 nitrogen and oxygen atoms in total. The van der Waals surface area contributed by atoms with Gasteiger partial charge in [0.05, 0.1) is 11.0 Å². The maximum atomic E-state index is 13.0. The lowest BCUT2D eigenvalue weighted by Crippen LogP contribution is -2.23. The van der Waals surface area contributed by atoms with Crippen LogP contribution in [0.3, 0.4) is 0 Å². The van der Waals surface area contributed by atoms with E-state index in [1.807, 2.05) is 6.92 Å². The quantitative estimate of drug-likeness (QED) is 0.641. The van der Waals surface area contributed by atoms with Gasteiger partial charge in [0.15, 0.2) is 0 Å². The standard InChI is InChI=1S/C14H18F2N2O3/c1-2-13-9(5-6-21-13)8-17-12-4-3-10(18(19)20)7-11(12)14(15)16/h3-4,7,9,13-14,17H,2,5-6,8H2,1H3. The fraction of sp³-hybridized carbons (Fsp3) is 0.571. The number of alkyl halides is 2. The van der Waals surface area contributed by atoms with E-state index in [-0.39, 0.29) is 29.0 Å². The number of nitrogens with zero attached hydrogens (tertiary/aromatic N) is 1. The van der Waals surface area contributed by atoms with Crippen LogP contribution >= 0.6 is 0 Å². The maximum absolute atomic E-state index is 13.0. The fourth-order valence-corrected chi connectivity index (χ4v) is 2.62. The summed E-state index contributed by atoms with van der Waals surface area (Å²) in [5.74, 6) is 0.274. The minimum absolute atomic E-state index is 0.144. The average Bonchev–Trinajstić information content (AvgIpc) is 2.92. The van der Waals surface area contributed by atoms with E-state index in [0.29, 0.717) is 13.2 Å². The lowest BCUT2D eigenvalue weighted by molar-refractivity contribution is -0.385. The zero-order valence-electron chi connectivity index (χ0n) is 11.7. The Morgan fingerprint density at radius 3 is 2.90 bits per heavy atom. The van der Waals surface area contributed by atoms with Crippen molar-refractivity contribution in [2.75, 3.05) is 18.5 Å². The number of anilines is 1. The Balaban J connectivity index is 2.10. The topological polar surface area (TPSA) is 64.4 Å². The molecule has 1 aliphatic heterocycles. The van der Waals surface area contributed by atoms with Crippen LogP contribution in [-0.4, -0.2) is 24.2 Å². The summed E-state index contributed by atoms with van der Waals surface area (Å²) in [7, 11) is 0. The van der Waals surface area contributed by atoms with Gasteiger partial charge in [-0.3, -0.25) is 10.1 Å². The molecule has 0 amide bonds. The summed E-state index contributed by atoms with van der Waals surface area (Å²) in [5, 5.41) is 13.6. The number of nitrogens with one attached hydrogen (secondary N) is 1. The van der Waals surface area contributed by atoms with Crippen LogP contribution in [-0.2, 0) is 4.74 Å². The Morgan fingerprint density at radius 2 is 2.29 bits per heavy atom.